The predicted octanol–water partition coefficient (Wildman–Crippen LogP) is 5.01. The number of allylic oxidation sites excluding steroid dienone is 1. The summed E-state index contributed by atoms with van der Waals surface area (Å²) in [6.07, 6.45) is 1.69. The van der Waals surface area contributed by atoms with E-state index in [2.05, 4.69) is 6.07 Å². The molecule has 0 fully saturated rings. The van der Waals surface area contributed by atoms with Crippen LogP contribution >= 0.6 is 23.2 Å². The minimum atomic E-state index is -1.26. The van der Waals surface area contributed by atoms with Crippen molar-refractivity contribution in [3.8, 4) is 17.6 Å². The Kier molecular flexibility index (Phi) is 7.19. The molecule has 5 nitrogen and oxygen atoms in total. The topological polar surface area (TPSA) is 82.4 Å². The molecule has 7 heteroatoms. The minimum Gasteiger partial charge on any atom is -0.545 e. The largest absolute Gasteiger partial charge is 0.545 e. The molecule has 31 heavy (non-hydrogen) atoms. The van der Waals surface area contributed by atoms with Crippen LogP contribution in [-0.2, 0) is 6.61 Å². The summed E-state index contributed by atoms with van der Waals surface area (Å²) in [6.45, 7) is 0.0839. The molecular formula is C24H16Cl2NO4-. The Bertz CT molecular complexity index is 1180. The maximum absolute atomic E-state index is 11.0. The number of carboxylic acids is 1. The van der Waals surface area contributed by atoms with E-state index >= 15 is 0 Å². The van der Waals surface area contributed by atoms with Crippen LogP contribution in [0.5, 0.6) is 11.5 Å². The van der Waals surface area contributed by atoms with Crippen molar-refractivity contribution in [3.05, 3.63) is 93.0 Å². The maximum atomic E-state index is 11.0. The van der Waals surface area contributed by atoms with Crippen LogP contribution in [0.3, 0.4) is 0 Å². The monoisotopic (exact) mass is 452 g/mol. The van der Waals surface area contributed by atoms with Crippen molar-refractivity contribution in [2.45, 2.75) is 6.61 Å². The Labute approximate surface area is 189 Å². The van der Waals surface area contributed by atoms with Gasteiger partial charge in [-0.3, -0.25) is 0 Å². The number of nitriles is 1. The van der Waals surface area contributed by atoms with Crippen LogP contribution in [0, 0.1) is 11.3 Å². The molecular weight excluding hydrogens is 437 g/mol. The number of ether oxygens (including phenoxy) is 2. The average Bonchev–Trinajstić information content (AvgIpc) is 2.77. The molecule has 3 aromatic carbocycles. The lowest BCUT2D eigenvalue weighted by atomic mass is 10.0. The van der Waals surface area contributed by atoms with Crippen molar-refractivity contribution in [2.75, 3.05) is 7.11 Å². The van der Waals surface area contributed by atoms with E-state index in [-0.39, 0.29) is 17.2 Å². The maximum Gasteiger partial charge on any atom is 0.180 e. The van der Waals surface area contributed by atoms with Crippen LogP contribution in [-0.4, -0.2) is 13.1 Å². The smallest absolute Gasteiger partial charge is 0.180 e. The van der Waals surface area contributed by atoms with E-state index in [1.165, 1.54) is 19.2 Å². The second-order valence-corrected chi connectivity index (χ2v) is 7.33. The number of hydrogen-bond acceptors (Lipinski definition) is 5. The van der Waals surface area contributed by atoms with Gasteiger partial charge in [-0.25, -0.2) is 0 Å². The molecule has 0 radical (unpaired) electrons. The second-order valence-electron chi connectivity index (χ2n) is 6.49. The summed E-state index contributed by atoms with van der Waals surface area (Å²) in [6, 6.07) is 18.7. The number of aromatic carboxylic acids is 1. The van der Waals surface area contributed by atoms with E-state index in [0.29, 0.717) is 33.2 Å². The van der Waals surface area contributed by atoms with Gasteiger partial charge in [0.1, 0.15) is 6.61 Å². The fraction of sp³-hybridized carbons (Fsp3) is 0.0833. The Morgan fingerprint density at radius 2 is 1.84 bits per heavy atom. The predicted molar refractivity (Wildman–Crippen MR) is 118 cm³/mol. The van der Waals surface area contributed by atoms with Crippen molar-refractivity contribution in [1.29, 1.82) is 5.26 Å². The van der Waals surface area contributed by atoms with Crippen molar-refractivity contribution in [3.63, 3.8) is 0 Å². The van der Waals surface area contributed by atoms with Gasteiger partial charge in [0.15, 0.2) is 11.5 Å². The Balaban J connectivity index is 1.88. The lowest BCUT2D eigenvalue weighted by Gasteiger charge is -2.14. The van der Waals surface area contributed by atoms with Gasteiger partial charge < -0.3 is 19.4 Å². The van der Waals surface area contributed by atoms with E-state index in [4.69, 9.17) is 32.7 Å². The first-order chi connectivity index (χ1) is 14.9. The molecule has 0 bridgehead atoms. The van der Waals surface area contributed by atoms with Crippen LogP contribution in [0.15, 0.2) is 60.7 Å². The molecule has 0 aliphatic rings. The minimum absolute atomic E-state index is 0.0610. The van der Waals surface area contributed by atoms with Crippen molar-refractivity contribution in [2.24, 2.45) is 0 Å². The van der Waals surface area contributed by atoms with Crippen molar-refractivity contribution < 1.29 is 19.4 Å². The van der Waals surface area contributed by atoms with Crippen LogP contribution in [0.1, 0.15) is 27.0 Å². The van der Waals surface area contributed by atoms with E-state index in [9.17, 15) is 15.2 Å². The highest BCUT2D eigenvalue weighted by molar-refractivity contribution is 6.32. The SMILES string of the molecule is COc1cc(/C=C(\C#N)c2ccc(Cl)cc2)cc(Cl)c1OCc1cccc(C(=O)[O-])c1. The fourth-order valence-electron chi connectivity index (χ4n) is 2.88. The molecule has 0 atom stereocenters. The summed E-state index contributed by atoms with van der Waals surface area (Å²) in [5.41, 5.74) is 2.50. The van der Waals surface area contributed by atoms with Crippen molar-refractivity contribution >= 4 is 40.8 Å². The van der Waals surface area contributed by atoms with Gasteiger partial charge in [-0.15, -0.1) is 0 Å². The number of rotatable bonds is 7. The molecule has 3 rings (SSSR count). The number of benzene rings is 3. The Morgan fingerprint density at radius 1 is 1.10 bits per heavy atom. The molecule has 0 aliphatic heterocycles. The van der Waals surface area contributed by atoms with Crippen molar-refractivity contribution in [1.82, 2.24) is 0 Å². The molecule has 0 aromatic heterocycles. The van der Waals surface area contributed by atoms with E-state index in [1.54, 1.807) is 54.6 Å². The zero-order valence-corrected chi connectivity index (χ0v) is 17.9. The molecule has 0 N–H and O–H groups in total. The molecule has 0 amide bonds. The van der Waals surface area contributed by atoms with Crippen LogP contribution in [0.2, 0.25) is 10.0 Å². The van der Waals surface area contributed by atoms with Gasteiger partial charge >= 0.3 is 0 Å². The molecule has 0 unspecified atom stereocenters. The van der Waals surface area contributed by atoms with Gasteiger partial charge in [0.2, 0.25) is 0 Å². The molecule has 0 saturated heterocycles. The fourth-order valence-corrected chi connectivity index (χ4v) is 3.28. The van der Waals surface area contributed by atoms with Crippen LogP contribution in [0.25, 0.3) is 11.6 Å². The first kappa shape index (κ1) is 22.2. The number of carbonyl (C=O) groups excluding carboxylic acids is 1. The lowest BCUT2D eigenvalue weighted by Crippen LogP contribution is -2.22. The zero-order valence-electron chi connectivity index (χ0n) is 16.4. The average molecular weight is 453 g/mol. The first-order valence-electron chi connectivity index (χ1n) is 9.09. The molecule has 0 aliphatic carbocycles. The molecule has 0 spiro atoms. The highest BCUT2D eigenvalue weighted by Crippen LogP contribution is 2.38. The summed E-state index contributed by atoms with van der Waals surface area (Å²) < 4.78 is 11.2. The van der Waals surface area contributed by atoms with Crippen LogP contribution in [0.4, 0.5) is 0 Å². The quantitative estimate of drug-likeness (QED) is 0.371. The number of nitrogens with zero attached hydrogens (tertiary/aromatic N) is 1. The third kappa shape index (κ3) is 5.58. The summed E-state index contributed by atoms with van der Waals surface area (Å²) >= 11 is 12.3. The Hall–Kier alpha value is -3.46. The standard InChI is InChI=1S/C24H17Cl2NO4/c1-30-22-12-16(10-19(13-27)17-5-7-20(25)8-6-17)11-21(26)23(22)31-14-15-3-2-4-18(9-15)24(28)29/h2-12H,14H2,1H3,(H,28,29)/p-1/b19-10+. The second kappa shape index (κ2) is 10.0. The summed E-state index contributed by atoms with van der Waals surface area (Å²) in [5.74, 6) is -0.573. The molecule has 3 aromatic rings. The van der Waals surface area contributed by atoms with Gasteiger partial charge in [0.25, 0.3) is 0 Å². The van der Waals surface area contributed by atoms with Gasteiger partial charge in [-0.1, -0.05) is 53.5 Å². The number of methoxy groups -OCH3 is 1. The third-order valence-electron chi connectivity index (χ3n) is 4.38. The normalized spacial score (nSPS) is 11.0. The van der Waals surface area contributed by atoms with Crippen LogP contribution < -0.4 is 14.6 Å². The molecule has 0 heterocycles. The summed E-state index contributed by atoms with van der Waals surface area (Å²) in [5, 5.41) is 21.4. The number of halogens is 2. The highest BCUT2D eigenvalue weighted by atomic mass is 35.5. The molecule has 0 saturated carbocycles. The lowest BCUT2D eigenvalue weighted by molar-refractivity contribution is -0.255. The van der Waals surface area contributed by atoms with Gasteiger partial charge in [-0.05, 0) is 58.7 Å². The van der Waals surface area contributed by atoms with E-state index in [0.717, 1.165) is 5.56 Å². The van der Waals surface area contributed by atoms with E-state index < -0.39 is 5.97 Å². The summed E-state index contributed by atoms with van der Waals surface area (Å²) in [4.78, 5) is 11.0. The van der Waals surface area contributed by atoms with E-state index in [1.807, 2.05) is 0 Å². The first-order valence-corrected chi connectivity index (χ1v) is 9.85. The zero-order chi connectivity index (χ0) is 22.4. The van der Waals surface area contributed by atoms with Gasteiger partial charge in [0, 0.05) is 5.02 Å². The summed E-state index contributed by atoms with van der Waals surface area (Å²) in [7, 11) is 1.48. The third-order valence-corrected chi connectivity index (χ3v) is 4.92. The highest BCUT2D eigenvalue weighted by Gasteiger charge is 2.13. The Morgan fingerprint density at radius 3 is 2.48 bits per heavy atom. The number of carbonyl (C=O) groups is 1. The molecule has 156 valence electrons. The number of carboxylic acid groups (broad SMARTS) is 1. The van der Waals surface area contributed by atoms with Gasteiger partial charge in [0.05, 0.1) is 29.7 Å². The van der Waals surface area contributed by atoms with Gasteiger partial charge in [-0.2, -0.15) is 5.26 Å². The number of hydrogen-bond donors (Lipinski definition) is 0.